The smallest absolute Gasteiger partial charge is 0.317 e. The lowest BCUT2D eigenvalue weighted by atomic mass is 10.1. The van der Waals surface area contributed by atoms with Gasteiger partial charge in [-0.05, 0) is 19.0 Å². The molecule has 10 heteroatoms. The third-order valence-corrected chi connectivity index (χ3v) is 3.68. The number of aryl methyl sites for hydroxylation is 1. The number of carbonyl (C=O) groups is 1. The minimum absolute atomic E-state index is 0.0453. The highest BCUT2D eigenvalue weighted by atomic mass is 19.4. The summed E-state index contributed by atoms with van der Waals surface area (Å²) in [7, 11) is 1.35. The molecular formula is C13H15F3N6O. The number of aromatic nitrogens is 4. The molecule has 1 saturated heterocycles. The van der Waals surface area contributed by atoms with Crippen molar-refractivity contribution >= 4 is 11.6 Å². The van der Waals surface area contributed by atoms with E-state index >= 15 is 0 Å². The number of aromatic amines is 1. The van der Waals surface area contributed by atoms with Gasteiger partial charge in [-0.25, -0.2) is 0 Å². The summed E-state index contributed by atoms with van der Waals surface area (Å²) in [5.41, 5.74) is -0.688. The molecule has 1 amide bonds. The fourth-order valence-corrected chi connectivity index (χ4v) is 2.56. The van der Waals surface area contributed by atoms with Crippen LogP contribution < -0.4 is 10.6 Å². The minimum Gasteiger partial charge on any atom is -0.317 e. The van der Waals surface area contributed by atoms with Crippen molar-refractivity contribution in [3.05, 3.63) is 29.3 Å². The number of hydrogen-bond donors (Lipinski definition) is 3. The number of amides is 1. The third kappa shape index (κ3) is 3.21. The summed E-state index contributed by atoms with van der Waals surface area (Å²) in [6.07, 6.45) is -2.62. The molecule has 124 valence electrons. The van der Waals surface area contributed by atoms with Gasteiger partial charge >= 0.3 is 6.18 Å². The van der Waals surface area contributed by atoms with Crippen LogP contribution in [0.1, 0.15) is 34.2 Å². The largest absolute Gasteiger partial charge is 0.437 e. The Hall–Kier alpha value is -2.36. The van der Waals surface area contributed by atoms with Gasteiger partial charge in [0, 0.05) is 31.4 Å². The zero-order chi connectivity index (χ0) is 16.6. The average Bonchev–Trinajstić information content (AvgIpc) is 3.16. The molecular weight excluding hydrogens is 313 g/mol. The van der Waals surface area contributed by atoms with E-state index in [-0.39, 0.29) is 11.6 Å². The van der Waals surface area contributed by atoms with Crippen LogP contribution in [0, 0.1) is 0 Å². The van der Waals surface area contributed by atoms with Gasteiger partial charge in [0.1, 0.15) is 0 Å². The molecule has 0 aromatic carbocycles. The highest BCUT2D eigenvalue weighted by Crippen LogP contribution is 2.33. The Bertz CT molecular complexity index is 714. The van der Waals surface area contributed by atoms with E-state index < -0.39 is 23.5 Å². The fourth-order valence-electron chi connectivity index (χ4n) is 2.56. The molecule has 1 unspecified atom stereocenters. The maximum absolute atomic E-state index is 12.9. The highest BCUT2D eigenvalue weighted by Gasteiger charge is 2.37. The van der Waals surface area contributed by atoms with Gasteiger partial charge < -0.3 is 10.6 Å². The molecule has 7 nitrogen and oxygen atoms in total. The quantitative estimate of drug-likeness (QED) is 0.797. The zero-order valence-electron chi connectivity index (χ0n) is 12.2. The number of hydrogen-bond acceptors (Lipinski definition) is 4. The van der Waals surface area contributed by atoms with Crippen molar-refractivity contribution in [2.24, 2.45) is 7.05 Å². The molecule has 0 bridgehead atoms. The lowest BCUT2D eigenvalue weighted by molar-refractivity contribution is -0.140. The number of carbonyl (C=O) groups excluding carboxylic acids is 1. The number of rotatable bonds is 3. The number of halogens is 3. The molecule has 3 rings (SSSR count). The van der Waals surface area contributed by atoms with Crippen molar-refractivity contribution < 1.29 is 18.0 Å². The third-order valence-electron chi connectivity index (χ3n) is 3.68. The number of nitrogens with zero attached hydrogens (tertiary/aromatic N) is 3. The maximum atomic E-state index is 12.9. The lowest BCUT2D eigenvalue weighted by Gasteiger charge is -2.06. The molecule has 1 aliphatic rings. The van der Waals surface area contributed by atoms with E-state index in [1.54, 1.807) is 6.07 Å². The molecule has 23 heavy (non-hydrogen) atoms. The predicted octanol–water partition coefficient (Wildman–Crippen LogP) is 1.49. The molecule has 3 heterocycles. The normalized spacial score (nSPS) is 18.3. The van der Waals surface area contributed by atoms with Gasteiger partial charge in [-0.1, -0.05) is 0 Å². The Kier molecular flexibility index (Phi) is 3.84. The van der Waals surface area contributed by atoms with E-state index in [2.05, 4.69) is 25.9 Å². The second-order valence-corrected chi connectivity index (χ2v) is 5.42. The molecule has 1 atom stereocenters. The average molecular weight is 328 g/mol. The highest BCUT2D eigenvalue weighted by molar-refractivity contribution is 6.03. The topological polar surface area (TPSA) is 87.6 Å². The lowest BCUT2D eigenvalue weighted by Crippen LogP contribution is -2.16. The number of anilines is 1. The van der Waals surface area contributed by atoms with Crippen LogP contribution in [-0.4, -0.2) is 39.0 Å². The van der Waals surface area contributed by atoms with E-state index in [4.69, 9.17) is 0 Å². The van der Waals surface area contributed by atoms with Crippen molar-refractivity contribution in [3.8, 4) is 0 Å². The second-order valence-electron chi connectivity index (χ2n) is 5.42. The Morgan fingerprint density at radius 3 is 2.91 bits per heavy atom. The van der Waals surface area contributed by atoms with Crippen LogP contribution in [-0.2, 0) is 13.2 Å². The molecule has 1 aliphatic heterocycles. The summed E-state index contributed by atoms with van der Waals surface area (Å²) in [5, 5.41) is 15.4. The van der Waals surface area contributed by atoms with Crippen molar-refractivity contribution in [1.29, 1.82) is 0 Å². The first kappa shape index (κ1) is 15.5. The number of H-pyrrole nitrogens is 1. The Morgan fingerprint density at radius 2 is 2.26 bits per heavy atom. The number of alkyl halides is 3. The molecule has 2 aromatic rings. The van der Waals surface area contributed by atoms with Crippen LogP contribution in [0.25, 0.3) is 0 Å². The van der Waals surface area contributed by atoms with Gasteiger partial charge in [0.15, 0.2) is 11.4 Å². The van der Waals surface area contributed by atoms with Gasteiger partial charge in [-0.2, -0.15) is 23.4 Å². The van der Waals surface area contributed by atoms with Gasteiger partial charge in [0.05, 0.1) is 5.69 Å². The van der Waals surface area contributed by atoms with Gasteiger partial charge in [-0.15, -0.1) is 0 Å². The number of nitrogens with one attached hydrogen (secondary N) is 3. The molecule has 0 radical (unpaired) electrons. The SMILES string of the molecule is Cn1cc(NC(=O)c2cc(C3CCNC3)[nH]n2)c(C(F)(F)F)n1. The Labute approximate surface area is 129 Å². The van der Waals surface area contributed by atoms with Crippen LogP contribution in [0.5, 0.6) is 0 Å². The summed E-state index contributed by atoms with van der Waals surface area (Å²) >= 11 is 0. The predicted molar refractivity (Wildman–Crippen MR) is 75.0 cm³/mol. The van der Waals surface area contributed by atoms with E-state index in [1.807, 2.05) is 0 Å². The summed E-state index contributed by atoms with van der Waals surface area (Å²) in [5.74, 6) is -0.481. The van der Waals surface area contributed by atoms with Crippen molar-refractivity contribution in [3.63, 3.8) is 0 Å². The zero-order valence-corrected chi connectivity index (χ0v) is 12.2. The van der Waals surface area contributed by atoms with Gasteiger partial charge in [0.25, 0.3) is 5.91 Å². The van der Waals surface area contributed by atoms with E-state index in [1.165, 1.54) is 7.05 Å². The summed E-state index contributed by atoms with van der Waals surface area (Å²) in [6, 6.07) is 1.57. The Balaban J connectivity index is 1.77. The van der Waals surface area contributed by atoms with E-state index in [9.17, 15) is 18.0 Å². The van der Waals surface area contributed by atoms with Gasteiger partial charge in [0.2, 0.25) is 0 Å². The summed E-state index contributed by atoms with van der Waals surface area (Å²) in [4.78, 5) is 12.1. The summed E-state index contributed by atoms with van der Waals surface area (Å²) < 4.78 is 39.6. The minimum atomic E-state index is -4.64. The van der Waals surface area contributed by atoms with Crippen molar-refractivity contribution in [2.45, 2.75) is 18.5 Å². The van der Waals surface area contributed by atoms with E-state index in [0.29, 0.717) is 0 Å². The van der Waals surface area contributed by atoms with Crippen LogP contribution in [0.15, 0.2) is 12.3 Å². The first-order chi connectivity index (χ1) is 10.8. The van der Waals surface area contributed by atoms with Crippen LogP contribution in [0.2, 0.25) is 0 Å². The molecule has 0 spiro atoms. The molecule has 1 fully saturated rings. The monoisotopic (exact) mass is 328 g/mol. The molecule has 0 aliphatic carbocycles. The van der Waals surface area contributed by atoms with Crippen molar-refractivity contribution in [2.75, 3.05) is 18.4 Å². The van der Waals surface area contributed by atoms with Crippen molar-refractivity contribution in [1.82, 2.24) is 25.3 Å². The van der Waals surface area contributed by atoms with Crippen LogP contribution in [0.3, 0.4) is 0 Å². The fraction of sp³-hybridized carbons (Fsp3) is 0.462. The standard InChI is InChI=1S/C13H15F3N6O/c1-22-6-10(11(21-22)13(14,15)16)18-12(23)9-4-8(19-20-9)7-2-3-17-5-7/h4,6-7,17H,2-3,5H2,1H3,(H,18,23)(H,19,20). The first-order valence-electron chi connectivity index (χ1n) is 7.03. The van der Waals surface area contributed by atoms with Crippen LogP contribution >= 0.6 is 0 Å². The maximum Gasteiger partial charge on any atom is 0.437 e. The summed E-state index contributed by atoms with van der Waals surface area (Å²) in [6.45, 7) is 1.67. The molecule has 2 aromatic heterocycles. The van der Waals surface area contributed by atoms with Gasteiger partial charge in [-0.3, -0.25) is 14.6 Å². The second kappa shape index (κ2) is 5.69. The van der Waals surface area contributed by atoms with E-state index in [0.717, 1.165) is 36.1 Å². The van der Waals surface area contributed by atoms with Crippen LogP contribution in [0.4, 0.5) is 18.9 Å². The molecule has 0 saturated carbocycles. The first-order valence-corrected chi connectivity index (χ1v) is 7.03. The Morgan fingerprint density at radius 1 is 1.48 bits per heavy atom. The molecule has 3 N–H and O–H groups in total.